The van der Waals surface area contributed by atoms with Crippen molar-refractivity contribution < 1.29 is 13.9 Å². The minimum Gasteiger partial charge on any atom is -0.444 e. The zero-order valence-electron chi connectivity index (χ0n) is 13.8. The molecule has 0 fully saturated rings. The predicted molar refractivity (Wildman–Crippen MR) is 103 cm³/mol. The van der Waals surface area contributed by atoms with Crippen molar-refractivity contribution in [2.24, 2.45) is 0 Å². The van der Waals surface area contributed by atoms with Crippen molar-refractivity contribution in [1.82, 2.24) is 0 Å². The van der Waals surface area contributed by atoms with Gasteiger partial charge in [0.1, 0.15) is 11.4 Å². The fourth-order valence-electron chi connectivity index (χ4n) is 1.96. The Morgan fingerprint density at radius 2 is 1.83 bits per heavy atom. The Labute approximate surface area is 154 Å². The summed E-state index contributed by atoms with van der Waals surface area (Å²) in [5.74, 6) is -0.379. The van der Waals surface area contributed by atoms with E-state index in [2.05, 4.69) is 33.2 Å². The first-order valence-corrected chi connectivity index (χ1v) is 8.59. The van der Waals surface area contributed by atoms with Crippen LogP contribution in [-0.4, -0.2) is 11.7 Å². The van der Waals surface area contributed by atoms with Crippen molar-refractivity contribution in [3.63, 3.8) is 0 Å². The first-order chi connectivity index (χ1) is 11.2. The minimum atomic E-state index is -0.587. The molecule has 0 spiro atoms. The van der Waals surface area contributed by atoms with Gasteiger partial charge in [0.25, 0.3) is 0 Å². The van der Waals surface area contributed by atoms with Gasteiger partial charge >= 0.3 is 6.09 Å². The molecule has 0 aliphatic heterocycles. The molecule has 0 aliphatic rings. The summed E-state index contributed by atoms with van der Waals surface area (Å²) >= 11 is 2.23. The van der Waals surface area contributed by atoms with Crippen LogP contribution in [0.15, 0.2) is 42.5 Å². The molecule has 128 valence electrons. The van der Waals surface area contributed by atoms with Gasteiger partial charge < -0.3 is 10.1 Å². The number of ether oxygens (including phenoxy) is 1. The highest BCUT2D eigenvalue weighted by atomic mass is 127. The Morgan fingerprint density at radius 1 is 1.17 bits per heavy atom. The summed E-state index contributed by atoms with van der Waals surface area (Å²) in [6.45, 7) is 5.84. The summed E-state index contributed by atoms with van der Waals surface area (Å²) in [6, 6.07) is 12.3. The van der Waals surface area contributed by atoms with E-state index in [1.807, 2.05) is 24.3 Å². The maximum absolute atomic E-state index is 13.9. The van der Waals surface area contributed by atoms with Gasteiger partial charge in [0.15, 0.2) is 0 Å². The molecule has 0 bridgehead atoms. The van der Waals surface area contributed by atoms with Crippen LogP contribution < -0.4 is 10.6 Å². The fraction of sp³-hybridized carbons (Fsp3) is 0.278. The number of hydrogen-bond donors (Lipinski definition) is 2. The number of nitrogens with one attached hydrogen (secondary N) is 2. The lowest BCUT2D eigenvalue weighted by Gasteiger charge is -2.20. The van der Waals surface area contributed by atoms with Gasteiger partial charge in [-0.05, 0) is 79.3 Å². The van der Waals surface area contributed by atoms with Gasteiger partial charge in [-0.25, -0.2) is 9.18 Å². The molecule has 2 rings (SSSR count). The summed E-state index contributed by atoms with van der Waals surface area (Å²) in [5.41, 5.74) is 1.24. The van der Waals surface area contributed by atoms with E-state index in [9.17, 15) is 9.18 Å². The molecular formula is C18H20FIN2O2. The van der Waals surface area contributed by atoms with Gasteiger partial charge in [0.2, 0.25) is 0 Å². The standard InChI is InChI=1S/C18H20FIN2O2/c1-18(2,3)24-17(23)22-14-8-9-15(19)16(10-14)21-11-12-4-6-13(20)7-5-12/h4-10,21H,11H2,1-3H3,(H,22,23). The third-order valence-corrected chi connectivity index (χ3v) is 3.73. The second-order valence-corrected chi connectivity index (χ2v) is 7.55. The summed E-state index contributed by atoms with van der Waals surface area (Å²) < 4.78 is 20.3. The molecule has 2 aromatic carbocycles. The van der Waals surface area contributed by atoms with Gasteiger partial charge in [0.05, 0.1) is 5.69 Å². The zero-order chi connectivity index (χ0) is 17.7. The SMILES string of the molecule is CC(C)(C)OC(=O)Nc1ccc(F)c(NCc2ccc(I)cc2)c1. The maximum Gasteiger partial charge on any atom is 0.412 e. The second kappa shape index (κ2) is 7.83. The van der Waals surface area contributed by atoms with Crippen molar-refractivity contribution in [3.05, 3.63) is 57.4 Å². The molecule has 24 heavy (non-hydrogen) atoms. The van der Waals surface area contributed by atoms with Crippen LogP contribution in [0.2, 0.25) is 0 Å². The van der Waals surface area contributed by atoms with E-state index in [4.69, 9.17) is 4.74 Å². The second-order valence-electron chi connectivity index (χ2n) is 6.30. The lowest BCUT2D eigenvalue weighted by atomic mass is 10.2. The average molecular weight is 442 g/mol. The normalized spacial score (nSPS) is 11.0. The van der Waals surface area contributed by atoms with Crippen LogP contribution in [0.4, 0.5) is 20.6 Å². The van der Waals surface area contributed by atoms with E-state index in [0.717, 1.165) is 9.13 Å². The highest BCUT2D eigenvalue weighted by molar-refractivity contribution is 14.1. The molecule has 2 N–H and O–H groups in total. The fourth-order valence-corrected chi connectivity index (χ4v) is 2.32. The Bertz CT molecular complexity index is 712. The molecule has 0 unspecified atom stereocenters. The number of carbonyl (C=O) groups is 1. The Morgan fingerprint density at radius 3 is 2.46 bits per heavy atom. The summed E-state index contributed by atoms with van der Waals surface area (Å²) in [7, 11) is 0. The third kappa shape index (κ3) is 5.99. The largest absolute Gasteiger partial charge is 0.444 e. The number of amides is 1. The molecular weight excluding hydrogens is 422 g/mol. The Kier molecular flexibility index (Phi) is 6.04. The van der Waals surface area contributed by atoms with Crippen LogP contribution in [0.5, 0.6) is 0 Å². The number of halogens is 2. The number of rotatable bonds is 4. The minimum absolute atomic E-state index is 0.321. The van der Waals surface area contributed by atoms with Crippen LogP contribution in [-0.2, 0) is 11.3 Å². The topological polar surface area (TPSA) is 50.4 Å². The average Bonchev–Trinajstić information content (AvgIpc) is 2.47. The number of benzene rings is 2. The Hall–Kier alpha value is -1.83. The highest BCUT2D eigenvalue weighted by Gasteiger charge is 2.16. The van der Waals surface area contributed by atoms with Gasteiger partial charge in [-0.15, -0.1) is 0 Å². The highest BCUT2D eigenvalue weighted by Crippen LogP contribution is 2.21. The van der Waals surface area contributed by atoms with Crippen LogP contribution in [0, 0.1) is 9.39 Å². The summed E-state index contributed by atoms with van der Waals surface area (Å²) in [5, 5.41) is 5.64. The smallest absolute Gasteiger partial charge is 0.412 e. The first-order valence-electron chi connectivity index (χ1n) is 7.51. The van der Waals surface area contributed by atoms with Crippen LogP contribution >= 0.6 is 22.6 Å². The monoisotopic (exact) mass is 442 g/mol. The summed E-state index contributed by atoms with van der Waals surface area (Å²) in [6.07, 6.45) is -0.572. The molecule has 0 atom stereocenters. The lowest BCUT2D eigenvalue weighted by Crippen LogP contribution is -2.27. The van der Waals surface area contributed by atoms with E-state index in [1.165, 1.54) is 12.1 Å². The van der Waals surface area contributed by atoms with Gasteiger partial charge in [-0.2, -0.15) is 0 Å². The number of anilines is 2. The van der Waals surface area contributed by atoms with Crippen molar-refractivity contribution in [3.8, 4) is 0 Å². The van der Waals surface area contributed by atoms with Crippen LogP contribution in [0.1, 0.15) is 26.3 Å². The van der Waals surface area contributed by atoms with Crippen molar-refractivity contribution in [2.75, 3.05) is 10.6 Å². The van der Waals surface area contributed by atoms with Crippen LogP contribution in [0.3, 0.4) is 0 Å². The lowest BCUT2D eigenvalue weighted by molar-refractivity contribution is 0.0636. The van der Waals surface area contributed by atoms with E-state index in [-0.39, 0.29) is 5.82 Å². The molecule has 0 saturated heterocycles. The van der Waals surface area contributed by atoms with E-state index >= 15 is 0 Å². The molecule has 0 heterocycles. The zero-order valence-corrected chi connectivity index (χ0v) is 16.0. The van der Waals surface area contributed by atoms with Crippen molar-refractivity contribution >= 4 is 40.1 Å². The Balaban J connectivity index is 2.02. The van der Waals surface area contributed by atoms with Crippen LogP contribution in [0.25, 0.3) is 0 Å². The molecule has 0 aliphatic carbocycles. The first kappa shape index (κ1) is 18.5. The maximum atomic E-state index is 13.9. The van der Waals surface area contributed by atoms with Gasteiger partial charge in [-0.1, -0.05) is 12.1 Å². The molecule has 0 radical (unpaired) electrons. The molecule has 6 heteroatoms. The number of carbonyl (C=O) groups excluding carboxylic acids is 1. The van der Waals surface area contributed by atoms with E-state index in [0.29, 0.717) is 17.9 Å². The quantitative estimate of drug-likeness (QED) is 0.625. The van der Waals surface area contributed by atoms with Gasteiger partial charge in [0, 0.05) is 15.8 Å². The predicted octanol–water partition coefficient (Wildman–Crippen LogP) is 5.39. The molecule has 1 amide bonds. The molecule has 4 nitrogen and oxygen atoms in total. The third-order valence-electron chi connectivity index (χ3n) is 3.01. The van der Waals surface area contributed by atoms with E-state index in [1.54, 1.807) is 26.8 Å². The molecule has 0 aromatic heterocycles. The van der Waals surface area contributed by atoms with Crippen molar-refractivity contribution in [2.45, 2.75) is 32.9 Å². The molecule has 2 aromatic rings. The van der Waals surface area contributed by atoms with E-state index < -0.39 is 11.7 Å². The molecule has 0 saturated carbocycles. The summed E-state index contributed by atoms with van der Waals surface area (Å²) in [4.78, 5) is 11.8. The van der Waals surface area contributed by atoms with Crippen molar-refractivity contribution in [1.29, 1.82) is 0 Å². The van der Waals surface area contributed by atoms with Gasteiger partial charge in [-0.3, -0.25) is 5.32 Å². The number of hydrogen-bond acceptors (Lipinski definition) is 3.